The Hall–Kier alpha value is -1.00. The maximum atomic E-state index is 9.30. The number of β-amino-alcohol motifs (C(OH)–C–C–N with tert-alkyl or cyclic N) is 1. The molecule has 1 unspecified atom stereocenters. The lowest BCUT2D eigenvalue weighted by molar-refractivity contribution is 0.174. The van der Waals surface area contributed by atoms with Crippen molar-refractivity contribution in [3.63, 3.8) is 0 Å². The third kappa shape index (κ3) is 2.23. The predicted molar refractivity (Wildman–Crippen MR) is 47.9 cm³/mol. The molecule has 1 fully saturated rings. The Bertz CT molecular complexity index is 265. The first-order valence-electron chi connectivity index (χ1n) is 4.50. The van der Waals surface area contributed by atoms with Crippen LogP contribution in [0, 0.1) is 0 Å². The van der Waals surface area contributed by atoms with Gasteiger partial charge in [0.15, 0.2) is 0 Å². The van der Waals surface area contributed by atoms with Crippen molar-refractivity contribution in [3.05, 3.63) is 24.3 Å². The van der Waals surface area contributed by atoms with Crippen LogP contribution >= 0.6 is 0 Å². The number of aliphatic hydroxyl groups is 1. The third-order valence-electron chi connectivity index (χ3n) is 2.25. The van der Waals surface area contributed by atoms with Crippen molar-refractivity contribution < 1.29 is 5.11 Å². The highest BCUT2D eigenvalue weighted by Crippen LogP contribution is 2.10. The molecule has 4 nitrogen and oxygen atoms in total. The van der Waals surface area contributed by atoms with Gasteiger partial charge in [0.25, 0.3) is 0 Å². The van der Waals surface area contributed by atoms with Gasteiger partial charge in [0, 0.05) is 38.2 Å². The summed E-state index contributed by atoms with van der Waals surface area (Å²) >= 11 is 0. The molecule has 1 N–H and O–H groups in total. The van der Waals surface area contributed by atoms with E-state index in [0.29, 0.717) is 0 Å². The average Bonchev–Trinajstić information content (AvgIpc) is 2.53. The van der Waals surface area contributed by atoms with Gasteiger partial charge >= 0.3 is 0 Å². The summed E-state index contributed by atoms with van der Waals surface area (Å²) in [5.41, 5.74) is 0.969. The van der Waals surface area contributed by atoms with Gasteiger partial charge in [-0.1, -0.05) is 0 Å². The Morgan fingerprint density at radius 2 is 2.46 bits per heavy atom. The zero-order chi connectivity index (χ0) is 9.10. The highest BCUT2D eigenvalue weighted by molar-refractivity contribution is 4.95. The van der Waals surface area contributed by atoms with E-state index in [0.717, 1.165) is 31.7 Å². The molecule has 0 spiro atoms. The van der Waals surface area contributed by atoms with Gasteiger partial charge in [0.1, 0.15) is 0 Å². The summed E-state index contributed by atoms with van der Waals surface area (Å²) in [4.78, 5) is 10.4. The lowest BCUT2D eigenvalue weighted by atomic mass is 10.3. The summed E-state index contributed by atoms with van der Waals surface area (Å²) in [5, 5.41) is 9.30. The molecule has 2 heterocycles. The number of aliphatic hydroxyl groups excluding tert-OH is 1. The number of likely N-dealkylation sites (tertiary alicyclic amines) is 1. The molecule has 1 aliphatic rings. The maximum Gasteiger partial charge on any atom is 0.0726 e. The van der Waals surface area contributed by atoms with Crippen LogP contribution in [0.1, 0.15) is 12.1 Å². The fourth-order valence-electron chi connectivity index (χ4n) is 1.60. The number of hydrogen-bond acceptors (Lipinski definition) is 4. The van der Waals surface area contributed by atoms with Crippen LogP contribution in [0.15, 0.2) is 18.6 Å². The molecule has 70 valence electrons. The Balaban J connectivity index is 1.92. The summed E-state index contributed by atoms with van der Waals surface area (Å²) in [7, 11) is 0. The van der Waals surface area contributed by atoms with E-state index in [4.69, 9.17) is 0 Å². The lowest BCUT2D eigenvalue weighted by Crippen LogP contribution is -2.22. The first-order valence-corrected chi connectivity index (χ1v) is 4.50. The van der Waals surface area contributed by atoms with E-state index in [9.17, 15) is 5.11 Å². The molecular formula is C9H13N3O. The SMILES string of the molecule is OC1CCN(Cc2cnccn2)C1. The van der Waals surface area contributed by atoms with Gasteiger partial charge in [-0.15, -0.1) is 0 Å². The molecule has 0 radical (unpaired) electrons. The maximum absolute atomic E-state index is 9.30. The highest BCUT2D eigenvalue weighted by atomic mass is 16.3. The quantitative estimate of drug-likeness (QED) is 0.696. The van der Waals surface area contributed by atoms with Crippen LogP contribution in [-0.2, 0) is 6.54 Å². The molecule has 0 amide bonds. The molecule has 0 bridgehead atoms. The van der Waals surface area contributed by atoms with Gasteiger partial charge in [-0.05, 0) is 6.42 Å². The molecule has 1 aromatic heterocycles. The fraction of sp³-hybridized carbons (Fsp3) is 0.556. The Labute approximate surface area is 77.2 Å². The van der Waals surface area contributed by atoms with E-state index in [1.54, 1.807) is 18.6 Å². The number of hydrogen-bond donors (Lipinski definition) is 1. The summed E-state index contributed by atoms with van der Waals surface area (Å²) in [6.45, 7) is 2.51. The Morgan fingerprint density at radius 1 is 1.54 bits per heavy atom. The molecule has 13 heavy (non-hydrogen) atoms. The topological polar surface area (TPSA) is 49.2 Å². The van der Waals surface area contributed by atoms with Crippen molar-refractivity contribution >= 4 is 0 Å². The molecular weight excluding hydrogens is 166 g/mol. The smallest absolute Gasteiger partial charge is 0.0726 e. The molecule has 0 saturated carbocycles. The summed E-state index contributed by atoms with van der Waals surface area (Å²) < 4.78 is 0. The van der Waals surface area contributed by atoms with Crippen LogP contribution in [-0.4, -0.2) is 39.2 Å². The van der Waals surface area contributed by atoms with Crippen LogP contribution in [0.3, 0.4) is 0 Å². The van der Waals surface area contributed by atoms with E-state index in [2.05, 4.69) is 14.9 Å². The van der Waals surface area contributed by atoms with Crippen LogP contribution in [0.5, 0.6) is 0 Å². The van der Waals surface area contributed by atoms with Crippen LogP contribution in [0.25, 0.3) is 0 Å². The first kappa shape index (κ1) is 8.59. The first-order chi connectivity index (χ1) is 6.34. The predicted octanol–water partition coefficient (Wildman–Crippen LogP) is 0.0432. The summed E-state index contributed by atoms with van der Waals surface area (Å²) in [6.07, 6.45) is 5.85. The molecule has 1 aromatic rings. The van der Waals surface area contributed by atoms with Gasteiger partial charge in [-0.25, -0.2) is 0 Å². The lowest BCUT2D eigenvalue weighted by Gasteiger charge is -2.13. The normalized spacial score (nSPS) is 23.6. The van der Waals surface area contributed by atoms with Crippen LogP contribution in [0.2, 0.25) is 0 Å². The second kappa shape index (κ2) is 3.81. The van der Waals surface area contributed by atoms with Crippen LogP contribution < -0.4 is 0 Å². The number of rotatable bonds is 2. The molecule has 1 atom stereocenters. The van der Waals surface area contributed by atoms with Gasteiger partial charge in [0.2, 0.25) is 0 Å². The van der Waals surface area contributed by atoms with Gasteiger partial charge in [-0.3, -0.25) is 14.9 Å². The summed E-state index contributed by atoms with van der Waals surface area (Å²) in [6, 6.07) is 0. The molecule has 1 saturated heterocycles. The molecule has 0 aromatic carbocycles. The number of nitrogens with zero attached hydrogens (tertiary/aromatic N) is 3. The minimum atomic E-state index is -0.156. The number of aromatic nitrogens is 2. The zero-order valence-electron chi connectivity index (χ0n) is 7.43. The minimum Gasteiger partial charge on any atom is -0.392 e. The van der Waals surface area contributed by atoms with Gasteiger partial charge < -0.3 is 5.11 Å². The van der Waals surface area contributed by atoms with Gasteiger partial charge in [-0.2, -0.15) is 0 Å². The Morgan fingerprint density at radius 3 is 3.08 bits per heavy atom. The highest BCUT2D eigenvalue weighted by Gasteiger charge is 2.20. The standard InChI is InChI=1S/C9H13N3O/c13-9-1-4-12(7-9)6-8-5-10-2-3-11-8/h2-3,5,9,13H,1,4,6-7H2. The zero-order valence-corrected chi connectivity index (χ0v) is 7.43. The average molecular weight is 179 g/mol. The van der Waals surface area contributed by atoms with Crippen molar-refractivity contribution in [3.8, 4) is 0 Å². The second-order valence-corrected chi connectivity index (χ2v) is 3.37. The van der Waals surface area contributed by atoms with Crippen molar-refractivity contribution in [2.24, 2.45) is 0 Å². The molecule has 4 heteroatoms. The van der Waals surface area contributed by atoms with E-state index in [-0.39, 0.29) is 6.10 Å². The van der Waals surface area contributed by atoms with Gasteiger partial charge in [0.05, 0.1) is 11.8 Å². The van der Waals surface area contributed by atoms with Crippen molar-refractivity contribution in [1.29, 1.82) is 0 Å². The molecule has 2 rings (SSSR count). The third-order valence-corrected chi connectivity index (χ3v) is 2.25. The second-order valence-electron chi connectivity index (χ2n) is 3.37. The van der Waals surface area contributed by atoms with E-state index in [1.165, 1.54) is 0 Å². The minimum absolute atomic E-state index is 0.156. The van der Waals surface area contributed by atoms with Crippen molar-refractivity contribution in [2.75, 3.05) is 13.1 Å². The molecule has 1 aliphatic heterocycles. The molecule has 0 aliphatic carbocycles. The fourth-order valence-corrected chi connectivity index (χ4v) is 1.60. The summed E-state index contributed by atoms with van der Waals surface area (Å²) in [5.74, 6) is 0. The van der Waals surface area contributed by atoms with Crippen molar-refractivity contribution in [1.82, 2.24) is 14.9 Å². The van der Waals surface area contributed by atoms with E-state index in [1.807, 2.05) is 0 Å². The largest absolute Gasteiger partial charge is 0.392 e. The van der Waals surface area contributed by atoms with E-state index >= 15 is 0 Å². The Kier molecular flexibility index (Phi) is 2.52. The monoisotopic (exact) mass is 179 g/mol. The van der Waals surface area contributed by atoms with Crippen LogP contribution in [0.4, 0.5) is 0 Å². The van der Waals surface area contributed by atoms with E-state index < -0.39 is 0 Å². The van der Waals surface area contributed by atoms with Crippen molar-refractivity contribution in [2.45, 2.75) is 19.1 Å².